The van der Waals surface area contributed by atoms with Crippen LogP contribution in [0.5, 0.6) is 0 Å². The number of anilines is 1. The van der Waals surface area contributed by atoms with Gasteiger partial charge in [-0.2, -0.15) is 0 Å². The molecule has 0 spiro atoms. The Bertz CT molecular complexity index is 1010. The maximum atomic E-state index is 12.7. The van der Waals surface area contributed by atoms with E-state index in [1.54, 1.807) is 11.0 Å². The van der Waals surface area contributed by atoms with Crippen molar-refractivity contribution >= 4 is 23.4 Å². The van der Waals surface area contributed by atoms with E-state index in [9.17, 15) is 14.4 Å². The maximum absolute atomic E-state index is 12.7. The third-order valence-electron chi connectivity index (χ3n) is 6.29. The lowest BCUT2D eigenvalue weighted by molar-refractivity contribution is -0.118. The van der Waals surface area contributed by atoms with Gasteiger partial charge in [0, 0.05) is 62.5 Å². The molecular formula is C25H30N4O3. The van der Waals surface area contributed by atoms with Crippen molar-refractivity contribution in [2.75, 3.05) is 44.7 Å². The number of fused-ring (bicyclic) bond motifs is 1. The van der Waals surface area contributed by atoms with Crippen LogP contribution in [0.3, 0.4) is 0 Å². The lowest BCUT2D eigenvalue weighted by Crippen LogP contribution is -2.47. The number of carbonyl (C=O) groups is 3. The van der Waals surface area contributed by atoms with E-state index in [1.165, 1.54) is 0 Å². The number of rotatable bonds is 5. The second-order valence-corrected chi connectivity index (χ2v) is 8.47. The van der Waals surface area contributed by atoms with Crippen molar-refractivity contribution in [2.24, 2.45) is 0 Å². The quantitative estimate of drug-likeness (QED) is 0.784. The highest BCUT2D eigenvalue weighted by Gasteiger charge is 2.24. The summed E-state index contributed by atoms with van der Waals surface area (Å²) in [6.07, 6.45) is 1.24. The Morgan fingerprint density at radius 2 is 1.59 bits per heavy atom. The molecule has 32 heavy (non-hydrogen) atoms. The van der Waals surface area contributed by atoms with Gasteiger partial charge < -0.3 is 20.0 Å². The summed E-state index contributed by atoms with van der Waals surface area (Å²) in [6.45, 7) is 6.20. The highest BCUT2D eigenvalue weighted by molar-refractivity contribution is 5.98. The van der Waals surface area contributed by atoms with Gasteiger partial charge >= 0.3 is 0 Å². The van der Waals surface area contributed by atoms with Crippen LogP contribution in [0.1, 0.15) is 45.2 Å². The van der Waals surface area contributed by atoms with Gasteiger partial charge in [0.05, 0.1) is 0 Å². The monoisotopic (exact) mass is 434 g/mol. The summed E-state index contributed by atoms with van der Waals surface area (Å²) < 4.78 is 0. The third kappa shape index (κ3) is 4.67. The molecule has 7 nitrogen and oxygen atoms in total. The van der Waals surface area contributed by atoms with E-state index >= 15 is 0 Å². The first-order chi connectivity index (χ1) is 15.5. The van der Waals surface area contributed by atoms with E-state index in [1.807, 2.05) is 48.2 Å². The van der Waals surface area contributed by atoms with E-state index in [4.69, 9.17) is 0 Å². The van der Waals surface area contributed by atoms with Crippen LogP contribution in [0.2, 0.25) is 0 Å². The molecule has 3 amide bonds. The fraction of sp³-hybridized carbons (Fsp3) is 0.400. The van der Waals surface area contributed by atoms with Crippen LogP contribution in [0, 0.1) is 0 Å². The zero-order valence-corrected chi connectivity index (χ0v) is 18.8. The minimum atomic E-state index is -0.148. The Morgan fingerprint density at radius 3 is 2.28 bits per heavy atom. The topological polar surface area (TPSA) is 73.0 Å². The van der Waals surface area contributed by atoms with E-state index in [0.717, 1.165) is 49.4 Å². The van der Waals surface area contributed by atoms with Crippen molar-refractivity contribution in [1.29, 1.82) is 0 Å². The van der Waals surface area contributed by atoms with Gasteiger partial charge in [-0.05, 0) is 54.9 Å². The van der Waals surface area contributed by atoms with Crippen LogP contribution >= 0.6 is 0 Å². The number of likely N-dealkylation sites (N-methyl/N-ethyl adjacent to an activating group) is 1. The van der Waals surface area contributed by atoms with Crippen LogP contribution in [0.15, 0.2) is 42.5 Å². The fourth-order valence-corrected chi connectivity index (χ4v) is 4.23. The Hall–Kier alpha value is -3.19. The first-order valence-corrected chi connectivity index (χ1v) is 11.2. The van der Waals surface area contributed by atoms with Crippen LogP contribution in [-0.4, -0.2) is 67.3 Å². The molecule has 4 rings (SSSR count). The van der Waals surface area contributed by atoms with Crippen molar-refractivity contribution in [3.8, 4) is 0 Å². The number of piperazine rings is 1. The summed E-state index contributed by atoms with van der Waals surface area (Å²) in [7, 11) is 2.07. The number of carbonyl (C=O) groups excluding carboxylic acids is 3. The highest BCUT2D eigenvalue weighted by Crippen LogP contribution is 2.29. The van der Waals surface area contributed by atoms with Gasteiger partial charge in [-0.25, -0.2) is 0 Å². The van der Waals surface area contributed by atoms with Gasteiger partial charge in [0.15, 0.2) is 0 Å². The lowest BCUT2D eigenvalue weighted by Gasteiger charge is -2.32. The molecule has 0 aliphatic carbocycles. The highest BCUT2D eigenvalue weighted by atomic mass is 16.2. The Labute approximate surface area is 189 Å². The van der Waals surface area contributed by atoms with Gasteiger partial charge in [0.25, 0.3) is 11.8 Å². The molecule has 1 fully saturated rings. The van der Waals surface area contributed by atoms with Crippen LogP contribution in [0.25, 0.3) is 0 Å². The van der Waals surface area contributed by atoms with Gasteiger partial charge in [0.1, 0.15) is 0 Å². The zero-order chi connectivity index (χ0) is 22.7. The molecule has 0 saturated carbocycles. The second-order valence-electron chi connectivity index (χ2n) is 8.47. The van der Waals surface area contributed by atoms with Crippen molar-refractivity contribution < 1.29 is 14.4 Å². The SMILES string of the molecule is CCC(=O)N1CCc2cc(C(=O)NCc3ccc(C(=O)N4CCN(C)CC4)cc3)ccc21. The molecule has 0 atom stereocenters. The molecule has 2 aromatic rings. The smallest absolute Gasteiger partial charge is 0.253 e. The Balaban J connectivity index is 1.33. The molecule has 2 aromatic carbocycles. The van der Waals surface area contributed by atoms with Crippen molar-refractivity contribution in [1.82, 2.24) is 15.1 Å². The molecule has 0 aromatic heterocycles. The van der Waals surface area contributed by atoms with Crippen LogP contribution in [-0.2, 0) is 17.8 Å². The molecule has 0 radical (unpaired) electrons. The van der Waals surface area contributed by atoms with Crippen LogP contribution in [0.4, 0.5) is 5.69 Å². The fourth-order valence-electron chi connectivity index (χ4n) is 4.23. The zero-order valence-electron chi connectivity index (χ0n) is 18.8. The first kappa shape index (κ1) is 22.0. The largest absolute Gasteiger partial charge is 0.348 e. The predicted octanol–water partition coefficient (Wildman–Crippen LogP) is 2.30. The molecule has 0 bridgehead atoms. The molecule has 7 heteroatoms. The summed E-state index contributed by atoms with van der Waals surface area (Å²) in [5.41, 5.74) is 4.15. The number of hydrogen-bond acceptors (Lipinski definition) is 4. The average Bonchev–Trinajstić information content (AvgIpc) is 3.25. The summed E-state index contributed by atoms with van der Waals surface area (Å²) in [5, 5.41) is 2.95. The molecule has 2 aliphatic rings. The van der Waals surface area contributed by atoms with E-state index < -0.39 is 0 Å². The van der Waals surface area contributed by atoms with E-state index in [0.29, 0.717) is 30.6 Å². The minimum Gasteiger partial charge on any atom is -0.348 e. The number of benzene rings is 2. The maximum Gasteiger partial charge on any atom is 0.253 e. The van der Waals surface area contributed by atoms with Gasteiger partial charge in [-0.15, -0.1) is 0 Å². The molecule has 2 heterocycles. The minimum absolute atomic E-state index is 0.0578. The van der Waals surface area contributed by atoms with Gasteiger partial charge in [-0.3, -0.25) is 14.4 Å². The number of hydrogen-bond donors (Lipinski definition) is 1. The normalized spacial score (nSPS) is 16.1. The molecule has 0 unspecified atom stereocenters. The van der Waals surface area contributed by atoms with Gasteiger partial charge in [-0.1, -0.05) is 19.1 Å². The Kier molecular flexibility index (Phi) is 6.55. The van der Waals surface area contributed by atoms with E-state index in [2.05, 4.69) is 17.3 Å². The lowest BCUT2D eigenvalue weighted by atomic mass is 10.1. The molecule has 168 valence electrons. The number of nitrogens with one attached hydrogen (secondary N) is 1. The van der Waals surface area contributed by atoms with E-state index in [-0.39, 0.29) is 17.7 Å². The third-order valence-corrected chi connectivity index (χ3v) is 6.29. The summed E-state index contributed by atoms with van der Waals surface area (Å²) >= 11 is 0. The molecule has 1 N–H and O–H groups in total. The van der Waals surface area contributed by atoms with Crippen molar-refractivity contribution in [2.45, 2.75) is 26.3 Å². The predicted molar refractivity (Wildman–Crippen MR) is 124 cm³/mol. The molecule has 2 aliphatic heterocycles. The molecular weight excluding hydrogens is 404 g/mol. The van der Waals surface area contributed by atoms with Gasteiger partial charge in [0.2, 0.25) is 5.91 Å². The number of nitrogens with zero attached hydrogens (tertiary/aromatic N) is 3. The first-order valence-electron chi connectivity index (χ1n) is 11.2. The summed E-state index contributed by atoms with van der Waals surface area (Å²) in [4.78, 5) is 43.2. The summed E-state index contributed by atoms with van der Waals surface area (Å²) in [6, 6.07) is 13.0. The Morgan fingerprint density at radius 1 is 0.906 bits per heavy atom. The van der Waals surface area contributed by atoms with Crippen molar-refractivity contribution in [3.05, 3.63) is 64.7 Å². The standard InChI is InChI=1S/C25H30N4O3/c1-3-23(30)29-11-10-20-16-21(8-9-22(20)29)24(31)26-17-18-4-6-19(7-5-18)25(32)28-14-12-27(2)13-15-28/h4-9,16H,3,10-15,17H2,1-2H3,(H,26,31). The molecule has 1 saturated heterocycles. The van der Waals surface area contributed by atoms with Crippen molar-refractivity contribution in [3.63, 3.8) is 0 Å². The van der Waals surface area contributed by atoms with Crippen LogP contribution < -0.4 is 10.2 Å². The summed E-state index contributed by atoms with van der Waals surface area (Å²) in [5.74, 6) is 0.0172. The second kappa shape index (κ2) is 9.53. The average molecular weight is 435 g/mol. The number of amides is 3.